The van der Waals surface area contributed by atoms with Gasteiger partial charge in [0.2, 0.25) is 0 Å². The third-order valence-corrected chi connectivity index (χ3v) is 3.46. The number of methoxy groups -OCH3 is 1. The molecule has 0 aliphatic heterocycles. The van der Waals surface area contributed by atoms with Crippen LogP contribution in [0, 0.1) is 5.92 Å². The van der Waals surface area contributed by atoms with Gasteiger partial charge in [0.05, 0.1) is 13.0 Å². The predicted molar refractivity (Wildman–Crippen MR) is 82.7 cm³/mol. The van der Waals surface area contributed by atoms with E-state index < -0.39 is 0 Å². The highest BCUT2D eigenvalue weighted by atomic mass is 16.5. The number of rotatable bonds is 5. The molecule has 0 spiro atoms. The summed E-state index contributed by atoms with van der Waals surface area (Å²) in [6, 6.07) is 8.71. The van der Waals surface area contributed by atoms with E-state index >= 15 is 0 Å². The molecule has 1 rings (SSSR count). The lowest BCUT2D eigenvalue weighted by molar-refractivity contribution is -0.145. The lowest BCUT2D eigenvalue weighted by atomic mass is 9.87. The Balaban J connectivity index is 2.58. The first-order valence-corrected chi connectivity index (χ1v) is 7.10. The Labute approximate surface area is 122 Å². The molecule has 0 aromatic heterocycles. The highest BCUT2D eigenvalue weighted by Gasteiger charge is 2.16. The molecule has 20 heavy (non-hydrogen) atoms. The molecular weight excluding hydrogens is 250 g/mol. The van der Waals surface area contributed by atoms with E-state index in [-0.39, 0.29) is 17.3 Å². The van der Waals surface area contributed by atoms with Crippen LogP contribution in [0.3, 0.4) is 0 Å². The Morgan fingerprint density at radius 2 is 1.80 bits per heavy atom. The van der Waals surface area contributed by atoms with Crippen molar-refractivity contribution in [2.24, 2.45) is 5.92 Å². The molecular formula is C17H27NO2. The lowest BCUT2D eigenvalue weighted by Gasteiger charge is -2.22. The van der Waals surface area contributed by atoms with Crippen LogP contribution in [-0.4, -0.2) is 31.6 Å². The Kier molecular flexibility index (Phi) is 5.75. The summed E-state index contributed by atoms with van der Waals surface area (Å²) in [4.78, 5) is 13.6. The molecule has 0 heterocycles. The van der Waals surface area contributed by atoms with Crippen LogP contribution in [0.1, 0.15) is 38.8 Å². The first-order valence-electron chi connectivity index (χ1n) is 7.10. The summed E-state index contributed by atoms with van der Waals surface area (Å²) in [5, 5.41) is 0. The molecule has 3 heteroatoms. The Morgan fingerprint density at radius 3 is 2.25 bits per heavy atom. The van der Waals surface area contributed by atoms with Crippen LogP contribution in [0.25, 0.3) is 0 Å². The molecule has 112 valence electrons. The number of ether oxygens (including phenoxy) is 1. The van der Waals surface area contributed by atoms with Gasteiger partial charge < -0.3 is 9.64 Å². The van der Waals surface area contributed by atoms with Crippen molar-refractivity contribution in [2.75, 3.05) is 20.7 Å². The van der Waals surface area contributed by atoms with Gasteiger partial charge in [0.15, 0.2) is 0 Å². The van der Waals surface area contributed by atoms with Crippen LogP contribution >= 0.6 is 0 Å². The number of nitrogens with zero attached hydrogens (tertiary/aromatic N) is 1. The molecule has 0 aliphatic rings. The van der Waals surface area contributed by atoms with Gasteiger partial charge in [0.1, 0.15) is 0 Å². The fourth-order valence-electron chi connectivity index (χ4n) is 2.23. The predicted octanol–water partition coefficient (Wildman–Crippen LogP) is 3.23. The summed E-state index contributed by atoms with van der Waals surface area (Å²) in [7, 11) is 3.46. The number of benzene rings is 1. The van der Waals surface area contributed by atoms with E-state index in [1.54, 1.807) is 0 Å². The molecule has 1 aromatic rings. The summed E-state index contributed by atoms with van der Waals surface area (Å²) in [5.74, 6) is -0.251. The maximum absolute atomic E-state index is 11.4. The molecule has 0 saturated heterocycles. The van der Waals surface area contributed by atoms with Crippen LogP contribution in [0.4, 0.5) is 0 Å². The number of hydrogen-bond acceptors (Lipinski definition) is 3. The highest BCUT2D eigenvalue weighted by molar-refractivity contribution is 5.72. The minimum Gasteiger partial charge on any atom is -0.469 e. The molecule has 3 nitrogen and oxygen atoms in total. The fraction of sp³-hybridized carbons (Fsp3) is 0.588. The van der Waals surface area contributed by atoms with E-state index in [4.69, 9.17) is 4.74 Å². The quantitative estimate of drug-likeness (QED) is 0.774. The lowest BCUT2D eigenvalue weighted by Crippen LogP contribution is -2.29. The summed E-state index contributed by atoms with van der Waals surface area (Å²) in [6.45, 7) is 10.1. The summed E-state index contributed by atoms with van der Waals surface area (Å²) in [6.07, 6.45) is 0. The Hall–Kier alpha value is -1.35. The van der Waals surface area contributed by atoms with Crippen LogP contribution < -0.4 is 0 Å². The van der Waals surface area contributed by atoms with Gasteiger partial charge in [0.25, 0.3) is 0 Å². The zero-order valence-corrected chi connectivity index (χ0v) is 13.6. The monoisotopic (exact) mass is 277 g/mol. The molecule has 1 aromatic carbocycles. The van der Waals surface area contributed by atoms with E-state index in [2.05, 4.69) is 49.9 Å². The van der Waals surface area contributed by atoms with Gasteiger partial charge in [0, 0.05) is 13.1 Å². The van der Waals surface area contributed by atoms with Crippen LogP contribution in [0.15, 0.2) is 24.3 Å². The number of hydrogen-bond donors (Lipinski definition) is 0. The molecule has 1 atom stereocenters. The molecule has 0 amide bonds. The summed E-state index contributed by atoms with van der Waals surface area (Å²) >= 11 is 0. The van der Waals surface area contributed by atoms with Gasteiger partial charge in [-0.1, -0.05) is 52.0 Å². The third kappa shape index (κ3) is 4.97. The van der Waals surface area contributed by atoms with Gasteiger partial charge >= 0.3 is 5.97 Å². The second-order valence-corrected chi connectivity index (χ2v) is 6.57. The minimum atomic E-state index is -0.153. The van der Waals surface area contributed by atoms with Gasteiger partial charge in [-0.3, -0.25) is 4.79 Å². The normalized spacial score (nSPS) is 13.3. The Morgan fingerprint density at radius 1 is 1.25 bits per heavy atom. The average molecular weight is 277 g/mol. The third-order valence-electron chi connectivity index (χ3n) is 3.46. The first kappa shape index (κ1) is 16.7. The average Bonchev–Trinajstić information content (AvgIpc) is 2.37. The van der Waals surface area contributed by atoms with E-state index in [1.165, 1.54) is 18.2 Å². The summed E-state index contributed by atoms with van der Waals surface area (Å²) in [5.41, 5.74) is 2.79. The number of esters is 1. The number of carbonyl (C=O) groups excluding carboxylic acids is 1. The van der Waals surface area contributed by atoms with Crippen molar-refractivity contribution in [3.05, 3.63) is 35.4 Å². The van der Waals surface area contributed by atoms with Gasteiger partial charge in [-0.05, 0) is 23.6 Å². The second kappa shape index (κ2) is 6.89. The minimum absolute atomic E-state index is 0.0983. The van der Waals surface area contributed by atoms with Crippen molar-refractivity contribution < 1.29 is 9.53 Å². The first-order chi connectivity index (χ1) is 9.24. The zero-order chi connectivity index (χ0) is 15.3. The van der Waals surface area contributed by atoms with Crippen molar-refractivity contribution in [1.29, 1.82) is 0 Å². The smallest absolute Gasteiger partial charge is 0.309 e. The summed E-state index contributed by atoms with van der Waals surface area (Å²) < 4.78 is 4.75. The molecule has 0 saturated carbocycles. The molecule has 1 unspecified atom stereocenters. The van der Waals surface area contributed by atoms with Crippen LogP contribution in [0.5, 0.6) is 0 Å². The standard InChI is InChI=1S/C17H27NO2/c1-13(16(19)20-6)11-18(5)12-14-7-9-15(10-8-14)17(2,3)4/h7-10,13H,11-12H2,1-6H3. The van der Waals surface area contributed by atoms with Crippen LogP contribution in [0.2, 0.25) is 0 Å². The van der Waals surface area contributed by atoms with Gasteiger partial charge in [-0.2, -0.15) is 0 Å². The topological polar surface area (TPSA) is 29.5 Å². The molecule has 0 fully saturated rings. The van der Waals surface area contributed by atoms with E-state index in [0.29, 0.717) is 6.54 Å². The fourth-order valence-corrected chi connectivity index (χ4v) is 2.23. The Bertz CT molecular complexity index is 431. The van der Waals surface area contributed by atoms with E-state index in [0.717, 1.165) is 6.54 Å². The highest BCUT2D eigenvalue weighted by Crippen LogP contribution is 2.22. The maximum Gasteiger partial charge on any atom is 0.309 e. The van der Waals surface area contributed by atoms with Crippen molar-refractivity contribution in [1.82, 2.24) is 4.90 Å². The number of carbonyl (C=O) groups is 1. The maximum atomic E-state index is 11.4. The van der Waals surface area contributed by atoms with Crippen LogP contribution in [-0.2, 0) is 21.5 Å². The molecule has 0 N–H and O–H groups in total. The largest absolute Gasteiger partial charge is 0.469 e. The molecule has 0 radical (unpaired) electrons. The van der Waals surface area contributed by atoms with Crippen molar-refractivity contribution in [2.45, 2.75) is 39.7 Å². The van der Waals surface area contributed by atoms with Gasteiger partial charge in [-0.15, -0.1) is 0 Å². The van der Waals surface area contributed by atoms with E-state index in [9.17, 15) is 4.79 Å². The SMILES string of the molecule is COC(=O)C(C)CN(C)Cc1ccc(C(C)(C)C)cc1. The second-order valence-electron chi connectivity index (χ2n) is 6.57. The zero-order valence-electron chi connectivity index (χ0n) is 13.6. The molecule has 0 bridgehead atoms. The van der Waals surface area contributed by atoms with Crippen molar-refractivity contribution in [3.63, 3.8) is 0 Å². The van der Waals surface area contributed by atoms with Gasteiger partial charge in [-0.25, -0.2) is 0 Å². The molecule has 0 aliphatic carbocycles. The van der Waals surface area contributed by atoms with Crippen molar-refractivity contribution in [3.8, 4) is 0 Å². The van der Waals surface area contributed by atoms with E-state index in [1.807, 2.05) is 14.0 Å². The van der Waals surface area contributed by atoms with Crippen molar-refractivity contribution >= 4 is 5.97 Å².